The lowest BCUT2D eigenvalue weighted by Crippen LogP contribution is -2.25. The van der Waals surface area contributed by atoms with Crippen LogP contribution in [0.4, 0.5) is 0 Å². The Morgan fingerprint density at radius 1 is 1.29 bits per heavy atom. The lowest BCUT2D eigenvalue weighted by Gasteiger charge is -2.15. The van der Waals surface area contributed by atoms with E-state index in [9.17, 15) is 0 Å². The zero-order valence-corrected chi connectivity index (χ0v) is 13.7. The SMILES string of the molecule is Cc1nc(OCCN2CCCC2)ccc1CNCC(C)C. The van der Waals surface area contributed by atoms with Crippen LogP contribution in [0.15, 0.2) is 12.1 Å². The Labute approximate surface area is 128 Å². The molecule has 2 rings (SSSR count). The molecule has 118 valence electrons. The zero-order chi connectivity index (χ0) is 15.1. The molecule has 0 bridgehead atoms. The van der Waals surface area contributed by atoms with Crippen molar-refractivity contribution in [2.24, 2.45) is 5.92 Å². The number of hydrogen-bond donors (Lipinski definition) is 1. The van der Waals surface area contributed by atoms with Crippen LogP contribution in [0.2, 0.25) is 0 Å². The fourth-order valence-electron chi connectivity index (χ4n) is 2.62. The molecule has 1 aliphatic rings. The third kappa shape index (κ3) is 5.64. The van der Waals surface area contributed by atoms with E-state index in [2.05, 4.69) is 42.0 Å². The maximum atomic E-state index is 5.77. The zero-order valence-electron chi connectivity index (χ0n) is 13.7. The van der Waals surface area contributed by atoms with Gasteiger partial charge >= 0.3 is 0 Å². The quantitative estimate of drug-likeness (QED) is 0.799. The first-order valence-corrected chi connectivity index (χ1v) is 8.17. The highest BCUT2D eigenvalue weighted by molar-refractivity contribution is 5.24. The van der Waals surface area contributed by atoms with E-state index in [1.807, 2.05) is 6.07 Å². The maximum absolute atomic E-state index is 5.77. The Morgan fingerprint density at radius 3 is 2.71 bits per heavy atom. The van der Waals surface area contributed by atoms with Gasteiger partial charge < -0.3 is 10.1 Å². The van der Waals surface area contributed by atoms with Gasteiger partial charge in [0.15, 0.2) is 0 Å². The fourth-order valence-corrected chi connectivity index (χ4v) is 2.62. The number of rotatable bonds is 8. The molecular formula is C17H29N3O. The molecule has 21 heavy (non-hydrogen) atoms. The number of ether oxygens (including phenoxy) is 1. The van der Waals surface area contributed by atoms with Gasteiger partial charge in [-0.25, -0.2) is 4.98 Å². The molecule has 4 nitrogen and oxygen atoms in total. The maximum Gasteiger partial charge on any atom is 0.213 e. The van der Waals surface area contributed by atoms with Crippen LogP contribution in [0.1, 0.15) is 37.9 Å². The van der Waals surface area contributed by atoms with Crippen molar-refractivity contribution in [3.63, 3.8) is 0 Å². The monoisotopic (exact) mass is 291 g/mol. The Balaban J connectivity index is 1.75. The summed E-state index contributed by atoms with van der Waals surface area (Å²) in [6, 6.07) is 4.12. The van der Waals surface area contributed by atoms with Crippen molar-refractivity contribution in [1.29, 1.82) is 0 Å². The molecule has 0 atom stereocenters. The predicted molar refractivity (Wildman–Crippen MR) is 86.7 cm³/mol. The van der Waals surface area contributed by atoms with Gasteiger partial charge in [-0.15, -0.1) is 0 Å². The summed E-state index contributed by atoms with van der Waals surface area (Å²) in [5.41, 5.74) is 2.31. The lowest BCUT2D eigenvalue weighted by molar-refractivity contribution is 0.231. The van der Waals surface area contributed by atoms with Crippen LogP contribution in [-0.2, 0) is 6.54 Å². The number of aryl methyl sites for hydroxylation is 1. The van der Waals surface area contributed by atoms with Crippen molar-refractivity contribution < 1.29 is 4.74 Å². The van der Waals surface area contributed by atoms with Gasteiger partial charge in [0.25, 0.3) is 0 Å². The summed E-state index contributed by atoms with van der Waals surface area (Å²) in [6.07, 6.45) is 2.66. The molecule has 1 aromatic rings. The molecule has 4 heteroatoms. The van der Waals surface area contributed by atoms with Crippen molar-refractivity contribution in [2.75, 3.05) is 32.8 Å². The highest BCUT2D eigenvalue weighted by atomic mass is 16.5. The Kier molecular flexibility index (Phi) is 6.46. The van der Waals surface area contributed by atoms with Crippen LogP contribution in [-0.4, -0.2) is 42.7 Å². The van der Waals surface area contributed by atoms with Crippen molar-refractivity contribution in [1.82, 2.24) is 15.2 Å². The van der Waals surface area contributed by atoms with E-state index in [0.717, 1.165) is 37.8 Å². The number of pyridine rings is 1. The van der Waals surface area contributed by atoms with E-state index in [1.54, 1.807) is 0 Å². The molecule has 0 saturated carbocycles. The third-order valence-electron chi connectivity index (χ3n) is 3.89. The lowest BCUT2D eigenvalue weighted by atomic mass is 10.2. The first-order valence-electron chi connectivity index (χ1n) is 8.17. The number of likely N-dealkylation sites (tertiary alicyclic amines) is 1. The minimum Gasteiger partial charge on any atom is -0.476 e. The molecular weight excluding hydrogens is 262 g/mol. The average molecular weight is 291 g/mol. The van der Waals surface area contributed by atoms with Gasteiger partial charge in [-0.2, -0.15) is 0 Å². The molecule has 0 aliphatic carbocycles. The number of aromatic nitrogens is 1. The first-order chi connectivity index (χ1) is 10.1. The molecule has 1 aromatic heterocycles. The second-order valence-electron chi connectivity index (χ2n) is 6.32. The molecule has 0 aromatic carbocycles. The minimum atomic E-state index is 0.673. The summed E-state index contributed by atoms with van der Waals surface area (Å²) in [6.45, 7) is 12.6. The van der Waals surface area contributed by atoms with Crippen molar-refractivity contribution in [2.45, 2.75) is 40.2 Å². The average Bonchev–Trinajstić information content (AvgIpc) is 2.94. The van der Waals surface area contributed by atoms with Gasteiger partial charge in [-0.3, -0.25) is 4.90 Å². The highest BCUT2D eigenvalue weighted by Gasteiger charge is 2.11. The summed E-state index contributed by atoms with van der Waals surface area (Å²) in [4.78, 5) is 7.01. The first kappa shape index (κ1) is 16.2. The molecule has 2 heterocycles. The Hall–Kier alpha value is -1.13. The summed E-state index contributed by atoms with van der Waals surface area (Å²) < 4.78 is 5.77. The number of nitrogens with one attached hydrogen (secondary N) is 1. The van der Waals surface area contributed by atoms with Gasteiger partial charge in [-0.1, -0.05) is 19.9 Å². The van der Waals surface area contributed by atoms with Crippen LogP contribution in [0.25, 0.3) is 0 Å². The normalized spacial score (nSPS) is 15.8. The van der Waals surface area contributed by atoms with Gasteiger partial charge in [0.05, 0.1) is 0 Å². The second kappa shape index (κ2) is 8.35. The van der Waals surface area contributed by atoms with E-state index >= 15 is 0 Å². The summed E-state index contributed by atoms with van der Waals surface area (Å²) in [5, 5.41) is 3.45. The van der Waals surface area contributed by atoms with Crippen molar-refractivity contribution in [3.05, 3.63) is 23.4 Å². The molecule has 0 amide bonds. The third-order valence-corrected chi connectivity index (χ3v) is 3.89. The van der Waals surface area contributed by atoms with Crippen LogP contribution >= 0.6 is 0 Å². The fraction of sp³-hybridized carbons (Fsp3) is 0.706. The summed E-state index contributed by atoms with van der Waals surface area (Å²) in [5.74, 6) is 1.42. The van der Waals surface area contributed by atoms with Gasteiger partial charge in [0, 0.05) is 24.8 Å². The van der Waals surface area contributed by atoms with Crippen LogP contribution in [0.5, 0.6) is 5.88 Å². The Bertz CT molecular complexity index is 428. The molecule has 0 spiro atoms. The van der Waals surface area contributed by atoms with E-state index in [0.29, 0.717) is 5.92 Å². The van der Waals surface area contributed by atoms with Gasteiger partial charge in [0.2, 0.25) is 5.88 Å². The van der Waals surface area contributed by atoms with Gasteiger partial charge in [0.1, 0.15) is 6.61 Å². The molecule has 1 saturated heterocycles. The standard InChI is InChI=1S/C17H29N3O/c1-14(2)12-18-13-16-6-7-17(19-15(16)3)21-11-10-20-8-4-5-9-20/h6-7,14,18H,4-5,8-13H2,1-3H3. The molecule has 0 unspecified atom stereocenters. The van der Waals surface area contributed by atoms with Gasteiger partial charge in [-0.05, 0) is 50.9 Å². The summed E-state index contributed by atoms with van der Waals surface area (Å²) >= 11 is 0. The largest absolute Gasteiger partial charge is 0.476 e. The smallest absolute Gasteiger partial charge is 0.213 e. The second-order valence-corrected chi connectivity index (χ2v) is 6.32. The number of hydrogen-bond acceptors (Lipinski definition) is 4. The molecule has 1 N–H and O–H groups in total. The van der Waals surface area contributed by atoms with E-state index in [1.165, 1.54) is 31.5 Å². The number of nitrogens with zero attached hydrogens (tertiary/aromatic N) is 2. The highest BCUT2D eigenvalue weighted by Crippen LogP contribution is 2.13. The van der Waals surface area contributed by atoms with E-state index in [4.69, 9.17) is 4.74 Å². The Morgan fingerprint density at radius 2 is 2.05 bits per heavy atom. The van der Waals surface area contributed by atoms with Crippen LogP contribution in [0, 0.1) is 12.8 Å². The minimum absolute atomic E-state index is 0.673. The molecule has 1 aliphatic heterocycles. The van der Waals surface area contributed by atoms with Crippen molar-refractivity contribution >= 4 is 0 Å². The van der Waals surface area contributed by atoms with E-state index < -0.39 is 0 Å². The molecule has 1 fully saturated rings. The van der Waals surface area contributed by atoms with E-state index in [-0.39, 0.29) is 0 Å². The van der Waals surface area contributed by atoms with Crippen LogP contribution in [0.3, 0.4) is 0 Å². The van der Waals surface area contributed by atoms with Crippen LogP contribution < -0.4 is 10.1 Å². The van der Waals surface area contributed by atoms with Crippen molar-refractivity contribution in [3.8, 4) is 5.88 Å². The topological polar surface area (TPSA) is 37.4 Å². The predicted octanol–water partition coefficient (Wildman–Crippen LogP) is 2.61. The summed E-state index contributed by atoms with van der Waals surface area (Å²) in [7, 11) is 0. The molecule has 0 radical (unpaired) electrons.